The summed E-state index contributed by atoms with van der Waals surface area (Å²) in [5.41, 5.74) is 0. The smallest absolute Gasteiger partial charge is 0.146 e. The molecule has 0 heterocycles. The molecule has 0 amide bonds. The van der Waals surface area contributed by atoms with Crippen LogP contribution in [0.4, 0.5) is 0 Å². The molecule has 0 saturated carbocycles. The van der Waals surface area contributed by atoms with Gasteiger partial charge in [0.05, 0.1) is 13.2 Å². The summed E-state index contributed by atoms with van der Waals surface area (Å²) in [6.45, 7) is 2.58. The van der Waals surface area contributed by atoms with Crippen molar-refractivity contribution in [3.05, 3.63) is 0 Å². The minimum absolute atomic E-state index is 0.0000926. The van der Waals surface area contributed by atoms with Gasteiger partial charge in [0.2, 0.25) is 0 Å². The zero-order chi connectivity index (χ0) is 7.82. The Hall–Kier alpha value is -0.160. The van der Waals surface area contributed by atoms with Crippen LogP contribution in [0.25, 0.3) is 0 Å². The predicted molar refractivity (Wildman–Crippen MR) is 35.4 cm³/mol. The first-order valence-electron chi connectivity index (χ1n) is 3.07. The van der Waals surface area contributed by atoms with Crippen LogP contribution in [0.15, 0.2) is 0 Å². The van der Waals surface area contributed by atoms with E-state index in [0.717, 1.165) is 0 Å². The Balaban J connectivity index is 3.00. The van der Waals surface area contributed by atoms with Crippen molar-refractivity contribution >= 4 is 0 Å². The number of hydrogen-bond donors (Lipinski definition) is 0. The molecular weight excluding hydrogens is 136 g/mol. The standard InChI is InChI=1S/C6H14O4/c1-6(4-10-8-3)9-5-7-2/h6H,4-5H2,1-3H3. The van der Waals surface area contributed by atoms with Crippen molar-refractivity contribution in [2.45, 2.75) is 13.0 Å². The quantitative estimate of drug-likeness (QED) is 0.315. The van der Waals surface area contributed by atoms with Crippen molar-refractivity contribution < 1.29 is 19.2 Å². The largest absolute Gasteiger partial charge is 0.359 e. The van der Waals surface area contributed by atoms with Crippen LogP contribution < -0.4 is 0 Å². The third-order valence-corrected chi connectivity index (χ3v) is 0.891. The second-order valence-electron chi connectivity index (χ2n) is 1.83. The topological polar surface area (TPSA) is 36.9 Å². The summed E-state index contributed by atoms with van der Waals surface area (Å²) in [6, 6.07) is 0. The molecule has 0 radical (unpaired) electrons. The van der Waals surface area contributed by atoms with Gasteiger partial charge in [-0.2, -0.15) is 0 Å². The highest BCUT2D eigenvalue weighted by Crippen LogP contribution is 1.91. The van der Waals surface area contributed by atoms with Gasteiger partial charge in [0.25, 0.3) is 0 Å². The molecule has 0 aliphatic rings. The number of hydrogen-bond acceptors (Lipinski definition) is 4. The minimum atomic E-state index is -0.0000926. The van der Waals surface area contributed by atoms with Crippen molar-refractivity contribution in [2.24, 2.45) is 0 Å². The van der Waals surface area contributed by atoms with Gasteiger partial charge in [-0.15, -0.1) is 0 Å². The highest BCUT2D eigenvalue weighted by molar-refractivity contribution is 4.41. The first-order valence-corrected chi connectivity index (χ1v) is 3.07. The fourth-order valence-electron chi connectivity index (χ4n) is 0.396. The van der Waals surface area contributed by atoms with Crippen LogP contribution in [-0.4, -0.2) is 33.7 Å². The second-order valence-corrected chi connectivity index (χ2v) is 1.83. The zero-order valence-electron chi connectivity index (χ0n) is 6.62. The van der Waals surface area contributed by atoms with Gasteiger partial charge < -0.3 is 9.47 Å². The summed E-state index contributed by atoms with van der Waals surface area (Å²) < 4.78 is 9.74. The third-order valence-electron chi connectivity index (χ3n) is 0.891. The molecule has 0 aromatic carbocycles. The molecule has 0 fully saturated rings. The van der Waals surface area contributed by atoms with Crippen molar-refractivity contribution in [1.29, 1.82) is 0 Å². The van der Waals surface area contributed by atoms with E-state index in [9.17, 15) is 0 Å². The first kappa shape index (κ1) is 9.84. The van der Waals surface area contributed by atoms with Gasteiger partial charge in [-0.1, -0.05) is 0 Å². The van der Waals surface area contributed by atoms with Gasteiger partial charge in [-0.05, 0) is 6.92 Å². The molecule has 4 heteroatoms. The van der Waals surface area contributed by atoms with E-state index >= 15 is 0 Å². The molecular formula is C6H14O4. The highest BCUT2D eigenvalue weighted by atomic mass is 17.2. The average Bonchev–Trinajstić information content (AvgIpc) is 1.97. The van der Waals surface area contributed by atoms with E-state index in [0.29, 0.717) is 6.61 Å². The van der Waals surface area contributed by atoms with Crippen molar-refractivity contribution in [3.63, 3.8) is 0 Å². The Kier molecular flexibility index (Phi) is 6.84. The van der Waals surface area contributed by atoms with Crippen LogP contribution in [0.2, 0.25) is 0 Å². The van der Waals surface area contributed by atoms with Crippen molar-refractivity contribution in [1.82, 2.24) is 0 Å². The Bertz CT molecular complexity index is 58.8. The van der Waals surface area contributed by atoms with Crippen LogP contribution in [0.5, 0.6) is 0 Å². The molecule has 0 aromatic heterocycles. The molecule has 4 nitrogen and oxygen atoms in total. The molecule has 0 spiro atoms. The molecule has 62 valence electrons. The van der Waals surface area contributed by atoms with Gasteiger partial charge in [0.15, 0.2) is 0 Å². The Morgan fingerprint density at radius 1 is 1.30 bits per heavy atom. The van der Waals surface area contributed by atoms with E-state index in [4.69, 9.17) is 4.74 Å². The molecule has 1 unspecified atom stereocenters. The zero-order valence-corrected chi connectivity index (χ0v) is 6.62. The van der Waals surface area contributed by atoms with Gasteiger partial charge in [0.1, 0.15) is 13.4 Å². The summed E-state index contributed by atoms with van der Waals surface area (Å²) in [5, 5.41) is 0. The Morgan fingerprint density at radius 3 is 2.50 bits per heavy atom. The molecule has 10 heavy (non-hydrogen) atoms. The molecule has 0 bridgehead atoms. The van der Waals surface area contributed by atoms with Crippen molar-refractivity contribution in [2.75, 3.05) is 27.6 Å². The molecule has 1 atom stereocenters. The maximum absolute atomic E-state index is 5.07. The Morgan fingerprint density at radius 2 is 2.00 bits per heavy atom. The minimum Gasteiger partial charge on any atom is -0.359 e. The fourth-order valence-corrected chi connectivity index (χ4v) is 0.396. The van der Waals surface area contributed by atoms with E-state index in [2.05, 4.69) is 14.5 Å². The van der Waals surface area contributed by atoms with E-state index in [1.807, 2.05) is 6.92 Å². The molecule has 0 saturated heterocycles. The lowest BCUT2D eigenvalue weighted by atomic mass is 10.4. The van der Waals surface area contributed by atoms with Crippen LogP contribution in [-0.2, 0) is 19.2 Å². The lowest BCUT2D eigenvalue weighted by Crippen LogP contribution is -2.16. The molecule has 0 N–H and O–H groups in total. The van der Waals surface area contributed by atoms with Gasteiger partial charge in [0, 0.05) is 7.11 Å². The van der Waals surface area contributed by atoms with Crippen LogP contribution in [0.3, 0.4) is 0 Å². The first-order chi connectivity index (χ1) is 4.81. The summed E-state index contributed by atoms with van der Waals surface area (Å²) in [5.74, 6) is 0. The summed E-state index contributed by atoms with van der Waals surface area (Å²) in [7, 11) is 3.03. The number of ether oxygens (including phenoxy) is 2. The van der Waals surface area contributed by atoms with E-state index in [-0.39, 0.29) is 12.9 Å². The average molecular weight is 150 g/mol. The highest BCUT2D eigenvalue weighted by Gasteiger charge is 2.00. The molecule has 0 aliphatic heterocycles. The maximum Gasteiger partial charge on any atom is 0.146 e. The lowest BCUT2D eigenvalue weighted by Gasteiger charge is -2.10. The normalized spacial score (nSPS) is 13.5. The molecule has 0 aliphatic carbocycles. The van der Waals surface area contributed by atoms with Crippen LogP contribution in [0.1, 0.15) is 6.92 Å². The lowest BCUT2D eigenvalue weighted by molar-refractivity contribution is -0.289. The van der Waals surface area contributed by atoms with E-state index in [1.165, 1.54) is 7.11 Å². The van der Waals surface area contributed by atoms with Gasteiger partial charge >= 0.3 is 0 Å². The van der Waals surface area contributed by atoms with Crippen LogP contribution in [0, 0.1) is 0 Å². The molecule has 0 aromatic rings. The number of rotatable bonds is 6. The molecule has 0 rings (SSSR count). The third kappa shape index (κ3) is 5.97. The van der Waals surface area contributed by atoms with Gasteiger partial charge in [-0.3, -0.25) is 0 Å². The van der Waals surface area contributed by atoms with Crippen molar-refractivity contribution in [3.8, 4) is 0 Å². The van der Waals surface area contributed by atoms with E-state index < -0.39 is 0 Å². The fraction of sp³-hybridized carbons (Fsp3) is 1.00. The van der Waals surface area contributed by atoms with Gasteiger partial charge in [-0.25, -0.2) is 9.78 Å². The SMILES string of the molecule is COCOC(C)COOC. The predicted octanol–water partition coefficient (Wildman–Crippen LogP) is 0.573. The summed E-state index contributed by atoms with van der Waals surface area (Å²) in [6.07, 6.45) is -0.0000926. The monoisotopic (exact) mass is 150 g/mol. The second kappa shape index (κ2) is 6.95. The number of methoxy groups -OCH3 is 1. The maximum atomic E-state index is 5.07. The Labute approximate surface area is 60.9 Å². The van der Waals surface area contributed by atoms with Crippen LogP contribution >= 0.6 is 0 Å². The van der Waals surface area contributed by atoms with E-state index in [1.54, 1.807) is 7.11 Å². The summed E-state index contributed by atoms with van der Waals surface area (Å²) >= 11 is 0. The summed E-state index contributed by atoms with van der Waals surface area (Å²) in [4.78, 5) is 8.98.